The number of pyridine rings is 1. The average molecular weight is 258 g/mol. The lowest BCUT2D eigenvalue weighted by atomic mass is 9.93. The molecule has 2 unspecified atom stereocenters. The summed E-state index contributed by atoms with van der Waals surface area (Å²) in [5.74, 6) is 0. The summed E-state index contributed by atoms with van der Waals surface area (Å²) in [5.41, 5.74) is 1.54. The molecule has 19 heavy (non-hydrogen) atoms. The Morgan fingerprint density at radius 3 is 2.89 bits per heavy atom. The van der Waals surface area contributed by atoms with Gasteiger partial charge >= 0.3 is 0 Å². The largest absolute Gasteiger partial charge is 0.387 e. The Labute approximate surface area is 111 Å². The number of aliphatic hydroxyl groups is 1. The van der Waals surface area contributed by atoms with E-state index in [1.54, 1.807) is 6.07 Å². The maximum Gasteiger partial charge on any atom is 0.248 e. The van der Waals surface area contributed by atoms with Gasteiger partial charge in [0.1, 0.15) is 0 Å². The lowest BCUT2D eigenvalue weighted by Crippen LogP contribution is -2.38. The van der Waals surface area contributed by atoms with Crippen molar-refractivity contribution in [3.05, 3.63) is 46.2 Å². The smallest absolute Gasteiger partial charge is 0.248 e. The van der Waals surface area contributed by atoms with Crippen LogP contribution in [0.2, 0.25) is 0 Å². The summed E-state index contributed by atoms with van der Waals surface area (Å²) in [5, 5.41) is 14.8. The van der Waals surface area contributed by atoms with Crippen molar-refractivity contribution in [2.24, 2.45) is 0 Å². The van der Waals surface area contributed by atoms with Gasteiger partial charge in [-0.05, 0) is 37.1 Å². The molecule has 0 bridgehead atoms. The van der Waals surface area contributed by atoms with Gasteiger partial charge in [0.2, 0.25) is 5.56 Å². The highest BCUT2D eigenvalue weighted by Gasteiger charge is 2.23. The molecular weight excluding hydrogens is 240 g/mol. The molecule has 1 aromatic carbocycles. The normalized spacial score (nSPS) is 21.4. The highest BCUT2D eigenvalue weighted by molar-refractivity contribution is 5.82. The monoisotopic (exact) mass is 258 g/mol. The van der Waals surface area contributed by atoms with E-state index >= 15 is 0 Å². The van der Waals surface area contributed by atoms with E-state index in [1.807, 2.05) is 18.2 Å². The predicted octanol–water partition coefficient (Wildman–Crippen LogP) is 1.70. The summed E-state index contributed by atoms with van der Waals surface area (Å²) >= 11 is 0. The summed E-state index contributed by atoms with van der Waals surface area (Å²) in [7, 11) is 0. The lowest BCUT2D eigenvalue weighted by Gasteiger charge is -2.28. The van der Waals surface area contributed by atoms with Crippen LogP contribution in [0.25, 0.3) is 10.9 Å². The molecule has 4 nitrogen and oxygen atoms in total. The molecule has 100 valence electrons. The Bertz CT molecular complexity index is 629. The van der Waals surface area contributed by atoms with Gasteiger partial charge in [0, 0.05) is 23.0 Å². The van der Waals surface area contributed by atoms with Crippen molar-refractivity contribution in [1.82, 2.24) is 10.3 Å². The molecule has 4 heteroatoms. The minimum Gasteiger partial charge on any atom is -0.387 e. The first-order valence-corrected chi connectivity index (χ1v) is 6.79. The van der Waals surface area contributed by atoms with E-state index in [4.69, 9.17) is 0 Å². The number of benzene rings is 1. The number of rotatable bonds is 2. The second kappa shape index (κ2) is 5.15. The van der Waals surface area contributed by atoms with Crippen LogP contribution >= 0.6 is 0 Å². The molecule has 1 aromatic heterocycles. The topological polar surface area (TPSA) is 65.1 Å². The maximum absolute atomic E-state index is 11.3. The Balaban J connectivity index is 2.01. The number of hydrogen-bond donors (Lipinski definition) is 3. The van der Waals surface area contributed by atoms with Gasteiger partial charge in [-0.15, -0.1) is 0 Å². The molecule has 1 aliphatic rings. The van der Waals surface area contributed by atoms with Crippen LogP contribution < -0.4 is 10.9 Å². The van der Waals surface area contributed by atoms with E-state index < -0.39 is 6.10 Å². The van der Waals surface area contributed by atoms with Gasteiger partial charge in [0.05, 0.1) is 6.10 Å². The summed E-state index contributed by atoms with van der Waals surface area (Å²) < 4.78 is 0. The van der Waals surface area contributed by atoms with Crippen LogP contribution in [0.15, 0.2) is 35.1 Å². The number of fused-ring (bicyclic) bond motifs is 1. The number of nitrogens with one attached hydrogen (secondary N) is 2. The Morgan fingerprint density at radius 1 is 1.21 bits per heavy atom. The molecule has 0 saturated carbocycles. The van der Waals surface area contributed by atoms with Gasteiger partial charge in [-0.25, -0.2) is 0 Å². The van der Waals surface area contributed by atoms with Crippen LogP contribution in [0.3, 0.4) is 0 Å². The number of aliphatic hydroxyl groups excluding tert-OH is 1. The molecule has 1 saturated heterocycles. The first-order chi connectivity index (χ1) is 9.25. The summed E-state index contributed by atoms with van der Waals surface area (Å²) in [6, 6.07) is 9.07. The molecule has 3 rings (SSSR count). The van der Waals surface area contributed by atoms with Crippen molar-refractivity contribution in [1.29, 1.82) is 0 Å². The van der Waals surface area contributed by atoms with Gasteiger partial charge in [0.25, 0.3) is 0 Å². The Morgan fingerprint density at radius 2 is 2.11 bits per heavy atom. The minimum atomic E-state index is -0.532. The zero-order valence-corrected chi connectivity index (χ0v) is 10.7. The van der Waals surface area contributed by atoms with Gasteiger partial charge in [-0.2, -0.15) is 0 Å². The minimum absolute atomic E-state index is 0.103. The maximum atomic E-state index is 11.3. The Hall–Kier alpha value is -1.65. The van der Waals surface area contributed by atoms with Crippen molar-refractivity contribution in [2.45, 2.75) is 31.4 Å². The average Bonchev–Trinajstić information content (AvgIpc) is 2.46. The molecule has 1 aliphatic heterocycles. The van der Waals surface area contributed by atoms with E-state index in [9.17, 15) is 9.90 Å². The standard InChI is InChI=1S/C15H18N2O2/c18-14-8-7-10-11(4-3-6-12(10)17-14)15(19)13-5-1-2-9-16-13/h3-4,6-8,13,15-16,19H,1-2,5,9H2,(H,17,18). The molecule has 0 radical (unpaired) electrons. The van der Waals surface area contributed by atoms with Crippen molar-refractivity contribution >= 4 is 10.9 Å². The summed E-state index contributed by atoms with van der Waals surface area (Å²) in [6.07, 6.45) is 2.78. The van der Waals surface area contributed by atoms with E-state index in [0.717, 1.165) is 35.9 Å². The summed E-state index contributed by atoms with van der Waals surface area (Å²) in [4.78, 5) is 14.1. The van der Waals surface area contributed by atoms with Crippen LogP contribution in [0.4, 0.5) is 0 Å². The van der Waals surface area contributed by atoms with Crippen molar-refractivity contribution in [3.8, 4) is 0 Å². The van der Waals surface area contributed by atoms with Crippen molar-refractivity contribution in [3.63, 3.8) is 0 Å². The molecule has 1 fully saturated rings. The lowest BCUT2D eigenvalue weighted by molar-refractivity contribution is 0.115. The van der Waals surface area contributed by atoms with Crippen LogP contribution in [0, 0.1) is 0 Å². The van der Waals surface area contributed by atoms with Gasteiger partial charge in [0.15, 0.2) is 0 Å². The highest BCUT2D eigenvalue weighted by atomic mass is 16.3. The third-order valence-corrected chi connectivity index (χ3v) is 3.85. The number of aromatic amines is 1. The molecular formula is C15H18N2O2. The molecule has 2 atom stereocenters. The first kappa shape index (κ1) is 12.4. The second-order valence-corrected chi connectivity index (χ2v) is 5.13. The van der Waals surface area contributed by atoms with Crippen molar-refractivity contribution in [2.75, 3.05) is 6.54 Å². The molecule has 3 N–H and O–H groups in total. The third-order valence-electron chi connectivity index (χ3n) is 3.85. The first-order valence-electron chi connectivity index (χ1n) is 6.79. The molecule has 2 aromatic rings. The highest BCUT2D eigenvalue weighted by Crippen LogP contribution is 2.27. The van der Waals surface area contributed by atoms with Crippen LogP contribution in [-0.2, 0) is 0 Å². The zero-order chi connectivity index (χ0) is 13.2. The predicted molar refractivity (Wildman–Crippen MR) is 75.2 cm³/mol. The molecule has 0 aliphatic carbocycles. The van der Waals surface area contributed by atoms with Gasteiger partial charge < -0.3 is 15.4 Å². The molecule has 0 amide bonds. The second-order valence-electron chi connectivity index (χ2n) is 5.13. The Kier molecular flexibility index (Phi) is 3.36. The van der Waals surface area contributed by atoms with Crippen molar-refractivity contribution < 1.29 is 5.11 Å². The van der Waals surface area contributed by atoms with E-state index in [1.165, 1.54) is 12.5 Å². The zero-order valence-electron chi connectivity index (χ0n) is 10.7. The number of H-pyrrole nitrogens is 1. The third kappa shape index (κ3) is 2.41. The fourth-order valence-electron chi connectivity index (χ4n) is 2.83. The molecule has 0 spiro atoms. The fourth-order valence-corrected chi connectivity index (χ4v) is 2.83. The summed E-state index contributed by atoms with van der Waals surface area (Å²) in [6.45, 7) is 0.962. The van der Waals surface area contributed by atoms with Crippen LogP contribution in [0.5, 0.6) is 0 Å². The van der Waals surface area contributed by atoms with Gasteiger partial charge in [-0.3, -0.25) is 4.79 Å². The molecule has 2 heterocycles. The number of aromatic nitrogens is 1. The van der Waals surface area contributed by atoms with E-state index in [2.05, 4.69) is 10.3 Å². The van der Waals surface area contributed by atoms with E-state index in [-0.39, 0.29) is 11.6 Å². The fraction of sp³-hybridized carbons (Fsp3) is 0.400. The van der Waals surface area contributed by atoms with Crippen LogP contribution in [0.1, 0.15) is 30.9 Å². The van der Waals surface area contributed by atoms with Crippen LogP contribution in [-0.4, -0.2) is 22.7 Å². The number of hydrogen-bond acceptors (Lipinski definition) is 3. The van der Waals surface area contributed by atoms with Gasteiger partial charge in [-0.1, -0.05) is 18.6 Å². The quantitative estimate of drug-likeness (QED) is 0.768. The van der Waals surface area contributed by atoms with E-state index in [0.29, 0.717) is 0 Å². The number of piperidine rings is 1. The SMILES string of the molecule is O=c1ccc2c(C(O)C3CCCCN3)cccc2[nH]1.